The van der Waals surface area contributed by atoms with Crippen LogP contribution in [-0.2, 0) is 11.3 Å². The molecule has 0 unspecified atom stereocenters. The maximum absolute atomic E-state index is 13.1. The highest BCUT2D eigenvalue weighted by molar-refractivity contribution is 5.96. The number of benzene rings is 1. The number of hydrogen-bond donors (Lipinski definition) is 1. The Balaban J connectivity index is 1.84. The molecule has 0 saturated heterocycles. The molecule has 0 bridgehead atoms. The third kappa shape index (κ3) is 4.31. The minimum atomic E-state index is -0.182. The van der Waals surface area contributed by atoms with Crippen molar-refractivity contribution in [2.45, 2.75) is 26.4 Å². The Kier molecular flexibility index (Phi) is 6.26. The Hall–Kier alpha value is -2.93. The van der Waals surface area contributed by atoms with E-state index in [9.17, 15) is 9.59 Å². The highest BCUT2D eigenvalue weighted by Crippen LogP contribution is 2.27. The topological polar surface area (TPSA) is 80.8 Å². The maximum atomic E-state index is 13.1. The van der Waals surface area contributed by atoms with Crippen LogP contribution in [0.5, 0.6) is 5.75 Å². The van der Waals surface area contributed by atoms with Gasteiger partial charge in [-0.25, -0.2) is 0 Å². The first kappa shape index (κ1) is 19.8. The van der Waals surface area contributed by atoms with Crippen LogP contribution >= 0.6 is 0 Å². The van der Waals surface area contributed by atoms with E-state index in [-0.39, 0.29) is 17.9 Å². The first-order chi connectivity index (χ1) is 13.5. The largest absolute Gasteiger partial charge is 0.491 e. The van der Waals surface area contributed by atoms with Crippen LogP contribution in [0, 0.1) is 6.92 Å². The predicted octanol–water partition coefficient (Wildman–Crippen LogP) is 2.19. The van der Waals surface area contributed by atoms with Crippen molar-refractivity contribution in [1.29, 1.82) is 0 Å². The summed E-state index contributed by atoms with van der Waals surface area (Å²) in [6, 6.07) is 8.73. The fourth-order valence-electron chi connectivity index (χ4n) is 3.13. The number of fused-ring (bicyclic) bond motifs is 1. The second-order valence-corrected chi connectivity index (χ2v) is 6.80. The van der Waals surface area contributed by atoms with E-state index in [0.29, 0.717) is 48.9 Å². The maximum Gasteiger partial charge on any atom is 0.256 e. The number of rotatable bonds is 5. The molecule has 0 saturated carbocycles. The Morgan fingerprint density at radius 3 is 2.93 bits per heavy atom. The second-order valence-electron chi connectivity index (χ2n) is 6.80. The highest BCUT2D eigenvalue weighted by atomic mass is 16.5. The summed E-state index contributed by atoms with van der Waals surface area (Å²) in [5.74, 6) is 0.418. The summed E-state index contributed by atoms with van der Waals surface area (Å²) in [6.45, 7) is 5.41. The third-order valence-electron chi connectivity index (χ3n) is 4.77. The lowest BCUT2D eigenvalue weighted by Gasteiger charge is -2.26. The Bertz CT molecular complexity index is 868. The van der Waals surface area contributed by atoms with Gasteiger partial charge in [0.1, 0.15) is 12.4 Å². The van der Waals surface area contributed by atoms with E-state index >= 15 is 0 Å². The lowest BCUT2D eigenvalue weighted by atomic mass is 10.1. The lowest BCUT2D eigenvalue weighted by Crippen LogP contribution is -2.40. The van der Waals surface area contributed by atoms with Gasteiger partial charge in [-0.05, 0) is 44.2 Å². The van der Waals surface area contributed by atoms with Gasteiger partial charge in [-0.2, -0.15) is 0 Å². The summed E-state index contributed by atoms with van der Waals surface area (Å²) in [5.41, 5.74) is 2.60. The number of nitrogens with zero attached hydrogens (tertiary/aromatic N) is 2. The van der Waals surface area contributed by atoms with Gasteiger partial charge in [0, 0.05) is 36.7 Å². The standard InChI is InChI=1S/C21H25N3O4/c1-14-13-28-19-7-6-16(20(25)23-9-10-27-3)11-17(19)12-24(14)21(26)18-5-4-8-22-15(18)2/h4-8,11,14H,9-10,12-13H2,1-3H3,(H,23,25)/t14-/m0/s1. The molecule has 0 spiro atoms. The summed E-state index contributed by atoms with van der Waals surface area (Å²) in [5, 5.41) is 2.80. The minimum Gasteiger partial charge on any atom is -0.491 e. The molecule has 148 valence electrons. The number of amides is 2. The molecule has 7 heteroatoms. The van der Waals surface area contributed by atoms with Crippen LogP contribution in [-0.4, -0.2) is 54.6 Å². The van der Waals surface area contributed by atoms with Crippen molar-refractivity contribution in [3.05, 3.63) is 58.9 Å². The van der Waals surface area contributed by atoms with E-state index in [1.807, 2.05) is 13.8 Å². The molecule has 2 aromatic rings. The Morgan fingerprint density at radius 1 is 1.36 bits per heavy atom. The number of methoxy groups -OCH3 is 1. The summed E-state index contributed by atoms with van der Waals surface area (Å²) in [4.78, 5) is 31.4. The average Bonchev–Trinajstić information content (AvgIpc) is 2.86. The number of hydrogen-bond acceptors (Lipinski definition) is 5. The van der Waals surface area contributed by atoms with E-state index in [0.717, 1.165) is 5.56 Å². The van der Waals surface area contributed by atoms with Gasteiger partial charge in [-0.3, -0.25) is 14.6 Å². The van der Waals surface area contributed by atoms with Gasteiger partial charge < -0.3 is 19.7 Å². The molecule has 0 fully saturated rings. The number of ether oxygens (including phenoxy) is 2. The van der Waals surface area contributed by atoms with Crippen molar-refractivity contribution < 1.29 is 19.1 Å². The second kappa shape index (κ2) is 8.84. The molecular weight excluding hydrogens is 358 g/mol. The first-order valence-electron chi connectivity index (χ1n) is 9.26. The average molecular weight is 383 g/mol. The zero-order valence-electron chi connectivity index (χ0n) is 16.4. The Morgan fingerprint density at radius 2 is 2.18 bits per heavy atom. The molecule has 1 aromatic carbocycles. The number of carbonyl (C=O) groups is 2. The smallest absolute Gasteiger partial charge is 0.256 e. The van der Waals surface area contributed by atoms with Crippen LogP contribution in [0.3, 0.4) is 0 Å². The van der Waals surface area contributed by atoms with Crippen LogP contribution in [0.25, 0.3) is 0 Å². The number of pyridine rings is 1. The van der Waals surface area contributed by atoms with E-state index < -0.39 is 0 Å². The molecule has 1 aliphatic heterocycles. The fourth-order valence-corrected chi connectivity index (χ4v) is 3.13. The van der Waals surface area contributed by atoms with E-state index in [4.69, 9.17) is 9.47 Å². The Labute approximate surface area is 164 Å². The first-order valence-corrected chi connectivity index (χ1v) is 9.26. The van der Waals surface area contributed by atoms with Gasteiger partial charge in [0.2, 0.25) is 0 Å². The third-order valence-corrected chi connectivity index (χ3v) is 4.77. The fraction of sp³-hybridized carbons (Fsp3) is 0.381. The van der Waals surface area contributed by atoms with Crippen molar-refractivity contribution in [2.24, 2.45) is 0 Å². The van der Waals surface area contributed by atoms with Crippen molar-refractivity contribution in [3.8, 4) is 5.75 Å². The van der Waals surface area contributed by atoms with Crippen LogP contribution in [0.1, 0.15) is 38.9 Å². The van der Waals surface area contributed by atoms with Gasteiger partial charge >= 0.3 is 0 Å². The highest BCUT2D eigenvalue weighted by Gasteiger charge is 2.28. The number of carbonyl (C=O) groups excluding carboxylic acids is 2. The zero-order valence-corrected chi connectivity index (χ0v) is 16.4. The SMILES string of the molecule is COCCNC(=O)c1ccc2c(c1)CN(C(=O)c1cccnc1C)[C@@H](C)CO2. The molecule has 2 heterocycles. The molecule has 1 atom stereocenters. The molecule has 0 radical (unpaired) electrons. The summed E-state index contributed by atoms with van der Waals surface area (Å²) in [6.07, 6.45) is 1.67. The number of aryl methyl sites for hydroxylation is 1. The van der Waals surface area contributed by atoms with Crippen LogP contribution in [0.2, 0.25) is 0 Å². The van der Waals surface area contributed by atoms with Gasteiger partial charge in [0.15, 0.2) is 0 Å². The normalized spacial score (nSPS) is 16.0. The van der Waals surface area contributed by atoms with E-state index in [1.165, 1.54) is 0 Å². The minimum absolute atomic E-state index is 0.0931. The van der Waals surface area contributed by atoms with Crippen LogP contribution in [0.15, 0.2) is 36.5 Å². The predicted molar refractivity (Wildman–Crippen MR) is 104 cm³/mol. The monoisotopic (exact) mass is 383 g/mol. The van der Waals surface area contributed by atoms with Gasteiger partial charge in [0.05, 0.1) is 24.8 Å². The molecule has 1 N–H and O–H groups in total. The number of aromatic nitrogens is 1. The molecule has 0 aliphatic carbocycles. The van der Waals surface area contributed by atoms with Crippen molar-refractivity contribution >= 4 is 11.8 Å². The van der Waals surface area contributed by atoms with Crippen molar-refractivity contribution in [2.75, 3.05) is 26.9 Å². The van der Waals surface area contributed by atoms with Crippen molar-refractivity contribution in [1.82, 2.24) is 15.2 Å². The zero-order chi connectivity index (χ0) is 20.1. The quantitative estimate of drug-likeness (QED) is 0.801. The van der Waals surface area contributed by atoms with Gasteiger partial charge in [-0.15, -0.1) is 0 Å². The molecule has 3 rings (SSSR count). The van der Waals surface area contributed by atoms with Gasteiger partial charge in [-0.1, -0.05) is 0 Å². The van der Waals surface area contributed by atoms with E-state index in [2.05, 4.69) is 10.3 Å². The van der Waals surface area contributed by atoms with Gasteiger partial charge in [0.25, 0.3) is 11.8 Å². The van der Waals surface area contributed by atoms with Crippen LogP contribution < -0.4 is 10.1 Å². The van der Waals surface area contributed by atoms with Crippen LogP contribution in [0.4, 0.5) is 0 Å². The molecule has 1 aromatic heterocycles. The summed E-state index contributed by atoms with van der Waals surface area (Å²) < 4.78 is 10.8. The lowest BCUT2D eigenvalue weighted by molar-refractivity contribution is 0.0644. The molecule has 1 aliphatic rings. The molecule has 28 heavy (non-hydrogen) atoms. The van der Waals surface area contributed by atoms with E-state index in [1.54, 1.807) is 48.5 Å². The summed E-state index contributed by atoms with van der Waals surface area (Å²) in [7, 11) is 1.59. The van der Waals surface area contributed by atoms with Crippen molar-refractivity contribution in [3.63, 3.8) is 0 Å². The summed E-state index contributed by atoms with van der Waals surface area (Å²) >= 11 is 0. The molecular formula is C21H25N3O4. The number of nitrogens with one attached hydrogen (secondary N) is 1. The molecule has 2 amide bonds. The molecule has 7 nitrogen and oxygen atoms in total.